The number of esters is 1. The normalized spacial score (nSPS) is 23.1. The SMILES string of the molecule is COC(=O)c1ccccc1N1C(=O)[C@@H]2[C@H](C1=O)[C@H]1c3ccccc3C=NN1[C@@H]2C(=O)c1ccc(OC)cc1. The predicted molar refractivity (Wildman–Crippen MR) is 137 cm³/mol. The molecule has 6 rings (SSSR count). The molecule has 9 nitrogen and oxygen atoms in total. The molecule has 2 fully saturated rings. The fraction of sp³-hybridized carbons (Fsp3) is 0.207. The maximum absolute atomic E-state index is 14.1. The Morgan fingerprint density at radius 1 is 0.842 bits per heavy atom. The van der Waals surface area contributed by atoms with Crippen LogP contribution < -0.4 is 9.64 Å². The van der Waals surface area contributed by atoms with Crippen molar-refractivity contribution in [3.8, 4) is 5.75 Å². The summed E-state index contributed by atoms with van der Waals surface area (Å²) in [5.74, 6) is -3.32. The van der Waals surface area contributed by atoms with Gasteiger partial charge in [-0.3, -0.25) is 19.4 Å². The highest BCUT2D eigenvalue weighted by atomic mass is 16.5. The minimum Gasteiger partial charge on any atom is -0.497 e. The van der Waals surface area contributed by atoms with Gasteiger partial charge in [0.25, 0.3) is 0 Å². The van der Waals surface area contributed by atoms with Gasteiger partial charge in [-0.2, -0.15) is 5.10 Å². The van der Waals surface area contributed by atoms with Crippen molar-refractivity contribution in [3.63, 3.8) is 0 Å². The van der Waals surface area contributed by atoms with E-state index in [1.54, 1.807) is 47.6 Å². The summed E-state index contributed by atoms with van der Waals surface area (Å²) in [5, 5.41) is 6.17. The Morgan fingerprint density at radius 2 is 1.53 bits per heavy atom. The monoisotopic (exact) mass is 509 g/mol. The van der Waals surface area contributed by atoms with Crippen LogP contribution in [0.4, 0.5) is 5.69 Å². The van der Waals surface area contributed by atoms with E-state index in [4.69, 9.17) is 9.47 Å². The van der Waals surface area contributed by atoms with Gasteiger partial charge in [0, 0.05) is 5.56 Å². The van der Waals surface area contributed by atoms with Crippen LogP contribution in [0.15, 0.2) is 77.9 Å². The van der Waals surface area contributed by atoms with E-state index in [0.29, 0.717) is 11.3 Å². The third-order valence-corrected chi connectivity index (χ3v) is 7.49. The molecule has 4 atom stereocenters. The number of nitrogens with zero attached hydrogens (tertiary/aromatic N) is 3. The molecule has 0 radical (unpaired) electrons. The Kier molecular flexibility index (Phi) is 5.56. The Morgan fingerprint density at radius 3 is 2.26 bits per heavy atom. The van der Waals surface area contributed by atoms with Crippen LogP contribution in [0.5, 0.6) is 5.75 Å². The van der Waals surface area contributed by atoms with Gasteiger partial charge in [0.15, 0.2) is 5.78 Å². The van der Waals surface area contributed by atoms with Gasteiger partial charge < -0.3 is 9.47 Å². The first-order valence-electron chi connectivity index (χ1n) is 12.1. The lowest BCUT2D eigenvalue weighted by Gasteiger charge is -2.34. The molecular weight excluding hydrogens is 486 g/mol. The van der Waals surface area contributed by atoms with Crippen LogP contribution >= 0.6 is 0 Å². The zero-order valence-corrected chi connectivity index (χ0v) is 20.6. The first-order valence-corrected chi connectivity index (χ1v) is 12.1. The van der Waals surface area contributed by atoms with Crippen molar-refractivity contribution in [2.75, 3.05) is 19.1 Å². The highest BCUT2D eigenvalue weighted by Gasteiger charge is 2.65. The standard InChI is InChI=1S/C29H23N3O6/c1-37-18-13-11-16(12-14-18)26(33)25-23-22(24-19-8-4-3-7-17(19)15-30-32(24)25)27(34)31(28(23)35)21-10-6-5-9-20(21)29(36)38-2/h3-15,22-25H,1-2H3/t22-,23+,24+,25-/m0/s1. The molecule has 3 aromatic carbocycles. The lowest BCUT2D eigenvalue weighted by Crippen LogP contribution is -2.45. The number of hydrogen-bond acceptors (Lipinski definition) is 8. The van der Waals surface area contributed by atoms with Crippen LogP contribution in [0.2, 0.25) is 0 Å². The van der Waals surface area contributed by atoms with Crippen LogP contribution in [0.1, 0.15) is 37.9 Å². The van der Waals surface area contributed by atoms with Gasteiger partial charge in [-0.15, -0.1) is 0 Å². The fourth-order valence-corrected chi connectivity index (χ4v) is 5.78. The first kappa shape index (κ1) is 23.6. The molecule has 0 unspecified atom stereocenters. The number of imide groups is 1. The zero-order valence-electron chi connectivity index (χ0n) is 20.6. The number of benzene rings is 3. The second-order valence-corrected chi connectivity index (χ2v) is 9.31. The molecule has 38 heavy (non-hydrogen) atoms. The van der Waals surface area contributed by atoms with Gasteiger partial charge in [0.1, 0.15) is 11.8 Å². The molecule has 2 amide bonds. The summed E-state index contributed by atoms with van der Waals surface area (Å²) in [6.07, 6.45) is 1.65. The van der Waals surface area contributed by atoms with Crippen molar-refractivity contribution in [2.45, 2.75) is 12.1 Å². The molecule has 3 heterocycles. The van der Waals surface area contributed by atoms with Crippen LogP contribution in [-0.2, 0) is 14.3 Å². The second kappa shape index (κ2) is 8.95. The molecule has 0 spiro atoms. The van der Waals surface area contributed by atoms with Gasteiger partial charge in [-0.1, -0.05) is 36.4 Å². The van der Waals surface area contributed by atoms with Gasteiger partial charge in [-0.25, -0.2) is 9.69 Å². The van der Waals surface area contributed by atoms with Crippen molar-refractivity contribution < 1.29 is 28.7 Å². The van der Waals surface area contributed by atoms with Gasteiger partial charge in [-0.05, 0) is 47.5 Å². The molecule has 0 N–H and O–H groups in total. The summed E-state index contributed by atoms with van der Waals surface area (Å²) in [4.78, 5) is 55.6. The number of methoxy groups -OCH3 is 2. The van der Waals surface area contributed by atoms with Crippen molar-refractivity contribution in [3.05, 3.63) is 95.1 Å². The summed E-state index contributed by atoms with van der Waals surface area (Å²) in [6, 6.07) is 18.8. The van der Waals surface area contributed by atoms with E-state index in [0.717, 1.165) is 16.0 Å². The Labute approximate surface area is 218 Å². The largest absolute Gasteiger partial charge is 0.497 e. The summed E-state index contributed by atoms with van der Waals surface area (Å²) in [7, 11) is 2.77. The summed E-state index contributed by atoms with van der Waals surface area (Å²) in [6.45, 7) is 0. The minimum absolute atomic E-state index is 0.0913. The molecule has 190 valence electrons. The minimum atomic E-state index is -1.02. The van der Waals surface area contributed by atoms with Crippen molar-refractivity contribution >= 4 is 35.5 Å². The highest BCUT2D eigenvalue weighted by molar-refractivity contribution is 6.26. The summed E-state index contributed by atoms with van der Waals surface area (Å²) >= 11 is 0. The lowest BCUT2D eigenvalue weighted by molar-refractivity contribution is -0.124. The van der Waals surface area contributed by atoms with E-state index < -0.39 is 41.7 Å². The summed E-state index contributed by atoms with van der Waals surface area (Å²) in [5.41, 5.74) is 2.23. The zero-order chi connectivity index (χ0) is 26.6. The second-order valence-electron chi connectivity index (χ2n) is 9.31. The number of ether oxygens (including phenoxy) is 2. The number of ketones is 1. The number of amides is 2. The van der Waals surface area contributed by atoms with E-state index in [1.807, 2.05) is 24.3 Å². The van der Waals surface area contributed by atoms with Gasteiger partial charge in [0.2, 0.25) is 11.8 Å². The Bertz CT molecular complexity index is 1510. The first-order chi connectivity index (χ1) is 18.5. The van der Waals surface area contributed by atoms with E-state index in [9.17, 15) is 19.2 Å². The highest BCUT2D eigenvalue weighted by Crippen LogP contribution is 2.53. The van der Waals surface area contributed by atoms with Crippen molar-refractivity contribution in [2.24, 2.45) is 16.9 Å². The Hall–Kier alpha value is -4.79. The number of carbonyl (C=O) groups excluding carboxylic acids is 4. The average Bonchev–Trinajstić information content (AvgIpc) is 3.44. The number of rotatable bonds is 5. The molecule has 9 heteroatoms. The number of Topliss-reactive ketones (excluding diaryl/α,β-unsaturated/α-hetero) is 1. The number of hydrazone groups is 1. The number of anilines is 1. The Balaban J connectivity index is 1.49. The van der Waals surface area contributed by atoms with Crippen molar-refractivity contribution in [1.82, 2.24) is 5.01 Å². The number of para-hydroxylation sites is 1. The maximum Gasteiger partial charge on any atom is 0.339 e. The van der Waals surface area contributed by atoms with Crippen LogP contribution in [-0.4, -0.2) is 55.1 Å². The molecule has 0 bridgehead atoms. The predicted octanol–water partition coefficient (Wildman–Crippen LogP) is 3.24. The molecule has 3 aliphatic heterocycles. The number of fused-ring (bicyclic) bond motifs is 5. The quantitative estimate of drug-likeness (QED) is 0.295. The maximum atomic E-state index is 14.1. The van der Waals surface area contributed by atoms with Gasteiger partial charge >= 0.3 is 5.97 Å². The third kappa shape index (κ3) is 3.35. The average molecular weight is 510 g/mol. The lowest BCUT2D eigenvalue weighted by atomic mass is 9.83. The van der Waals surface area contributed by atoms with E-state index in [-0.39, 0.29) is 17.0 Å². The third-order valence-electron chi connectivity index (χ3n) is 7.49. The molecule has 0 saturated carbocycles. The molecule has 0 aliphatic carbocycles. The summed E-state index contributed by atoms with van der Waals surface area (Å²) < 4.78 is 10.1. The number of carbonyl (C=O) groups is 4. The molecule has 3 aliphatic rings. The molecule has 3 aromatic rings. The number of hydrogen-bond donors (Lipinski definition) is 0. The topological polar surface area (TPSA) is 106 Å². The molecule has 2 saturated heterocycles. The van der Waals surface area contributed by atoms with Crippen LogP contribution in [0.3, 0.4) is 0 Å². The van der Waals surface area contributed by atoms with Crippen molar-refractivity contribution in [1.29, 1.82) is 0 Å². The fourth-order valence-electron chi connectivity index (χ4n) is 5.78. The van der Waals surface area contributed by atoms with E-state index in [1.165, 1.54) is 26.4 Å². The van der Waals surface area contributed by atoms with E-state index >= 15 is 0 Å². The van der Waals surface area contributed by atoms with Crippen LogP contribution in [0.25, 0.3) is 0 Å². The van der Waals surface area contributed by atoms with E-state index in [2.05, 4.69) is 5.10 Å². The molecular formula is C29H23N3O6. The molecule has 0 aromatic heterocycles. The van der Waals surface area contributed by atoms with Gasteiger partial charge in [0.05, 0.1) is 49.6 Å². The van der Waals surface area contributed by atoms with Crippen LogP contribution in [0, 0.1) is 11.8 Å². The smallest absolute Gasteiger partial charge is 0.339 e.